The Morgan fingerprint density at radius 1 is 1.08 bits per heavy atom. The van der Waals surface area contributed by atoms with E-state index >= 15 is 0 Å². The minimum atomic E-state index is -3.43. The summed E-state index contributed by atoms with van der Waals surface area (Å²) >= 11 is 1.22. The third-order valence-corrected chi connectivity index (χ3v) is 8.77. The molecule has 4 rings (SSSR count). The van der Waals surface area contributed by atoms with E-state index in [9.17, 15) is 18.0 Å². The first-order valence-corrected chi connectivity index (χ1v) is 11.2. The van der Waals surface area contributed by atoms with Crippen molar-refractivity contribution in [3.05, 3.63) is 29.7 Å². The first kappa shape index (κ1) is 17.8. The molecule has 3 heterocycles. The van der Waals surface area contributed by atoms with Crippen LogP contribution in [0.15, 0.2) is 33.9 Å². The van der Waals surface area contributed by atoms with Crippen molar-refractivity contribution >= 4 is 33.2 Å². The number of rotatable bonds is 4. The number of nitrogens with zero attached hydrogens (tertiary/aromatic N) is 2. The number of piperazine rings is 1. The third kappa shape index (κ3) is 3.02. The van der Waals surface area contributed by atoms with Gasteiger partial charge in [-0.05, 0) is 24.3 Å². The maximum atomic E-state index is 12.6. The van der Waals surface area contributed by atoms with E-state index in [1.165, 1.54) is 20.5 Å². The van der Waals surface area contributed by atoms with Crippen LogP contribution in [0.4, 0.5) is 0 Å². The van der Waals surface area contributed by atoms with Gasteiger partial charge in [-0.3, -0.25) is 9.59 Å². The summed E-state index contributed by atoms with van der Waals surface area (Å²) < 4.78 is 27.0. The van der Waals surface area contributed by atoms with Crippen LogP contribution in [0.3, 0.4) is 0 Å². The summed E-state index contributed by atoms with van der Waals surface area (Å²) in [5, 5.41) is 1.76. The molecule has 3 aliphatic rings. The highest BCUT2D eigenvalue weighted by atomic mass is 32.2. The second-order valence-corrected chi connectivity index (χ2v) is 10.1. The molecule has 0 radical (unpaired) electrons. The lowest BCUT2D eigenvalue weighted by molar-refractivity contribution is -0.910. The van der Waals surface area contributed by atoms with Gasteiger partial charge in [0.05, 0.1) is 38.0 Å². The number of hydrogen-bond acceptors (Lipinski definition) is 5. The molecule has 0 unspecified atom stereocenters. The molecular formula is C17H22N3O4S2+. The number of allylic oxidation sites excluding steroid dienone is 2. The smallest absolute Gasteiger partial charge is 0.252 e. The molecule has 9 heteroatoms. The number of fused-ring (bicyclic) bond motifs is 1. The topological polar surface area (TPSA) is 79.2 Å². The van der Waals surface area contributed by atoms with Gasteiger partial charge in [-0.25, -0.2) is 13.3 Å². The highest BCUT2D eigenvalue weighted by Gasteiger charge is 2.48. The summed E-state index contributed by atoms with van der Waals surface area (Å²) in [4.78, 5) is 27.6. The number of likely N-dealkylation sites (tertiary alicyclic amines) is 1. The second-order valence-electron chi connectivity index (χ2n) is 7.00. The molecule has 0 bridgehead atoms. The summed E-state index contributed by atoms with van der Waals surface area (Å²) in [6.45, 7) is 2.34. The van der Waals surface area contributed by atoms with Crippen molar-refractivity contribution in [2.75, 3.05) is 32.8 Å². The molecule has 2 fully saturated rings. The van der Waals surface area contributed by atoms with Gasteiger partial charge in [-0.1, -0.05) is 18.2 Å². The minimum Gasteiger partial charge on any atom is -0.315 e. The van der Waals surface area contributed by atoms with E-state index in [0.717, 1.165) is 4.90 Å². The van der Waals surface area contributed by atoms with Crippen molar-refractivity contribution in [3.8, 4) is 0 Å². The van der Waals surface area contributed by atoms with Gasteiger partial charge < -0.3 is 4.90 Å². The standard InChI is InChI=1S/C17H21N3O4S2/c21-16-13-4-1-2-5-14(13)17(22)20(16)12-18-7-9-19(10-8-18)26(23,24)15-6-3-11-25-15/h1-3,6,11,13-14H,4-5,7-10,12H2/p+1/t13-,14-/m0/s1. The second kappa shape index (κ2) is 6.88. The van der Waals surface area contributed by atoms with E-state index in [4.69, 9.17) is 0 Å². The lowest BCUT2D eigenvalue weighted by atomic mass is 9.85. The quantitative estimate of drug-likeness (QED) is 0.552. The molecule has 2 atom stereocenters. The maximum absolute atomic E-state index is 12.6. The summed E-state index contributed by atoms with van der Waals surface area (Å²) in [6.07, 6.45) is 5.26. The Balaban J connectivity index is 1.37. The normalized spacial score (nSPS) is 27.9. The summed E-state index contributed by atoms with van der Waals surface area (Å²) in [7, 11) is -3.43. The van der Waals surface area contributed by atoms with Gasteiger partial charge in [0.1, 0.15) is 4.21 Å². The van der Waals surface area contributed by atoms with Crippen LogP contribution in [0.5, 0.6) is 0 Å². The van der Waals surface area contributed by atoms with Gasteiger partial charge in [0, 0.05) is 0 Å². The first-order chi connectivity index (χ1) is 12.5. The van der Waals surface area contributed by atoms with Crippen LogP contribution < -0.4 is 4.90 Å². The predicted molar refractivity (Wildman–Crippen MR) is 95.8 cm³/mol. The SMILES string of the molecule is O=C1[C@H]2CC=CC[C@@H]2C(=O)N1C[NH+]1CCN(S(=O)(=O)c2cccs2)CC1. The number of amides is 2. The molecule has 2 amide bonds. The van der Waals surface area contributed by atoms with Crippen LogP contribution in [0, 0.1) is 11.8 Å². The lowest BCUT2D eigenvalue weighted by Crippen LogP contribution is -3.16. The van der Waals surface area contributed by atoms with Crippen LogP contribution >= 0.6 is 11.3 Å². The Bertz CT molecular complexity index is 800. The molecule has 1 aliphatic carbocycles. The van der Waals surface area contributed by atoms with Crippen LogP contribution in [0.25, 0.3) is 0 Å². The van der Waals surface area contributed by atoms with Crippen molar-refractivity contribution in [2.45, 2.75) is 17.1 Å². The Morgan fingerprint density at radius 2 is 1.69 bits per heavy atom. The van der Waals surface area contributed by atoms with E-state index in [1.807, 2.05) is 12.2 Å². The maximum Gasteiger partial charge on any atom is 0.252 e. The first-order valence-electron chi connectivity index (χ1n) is 8.86. The largest absolute Gasteiger partial charge is 0.315 e. The fourth-order valence-corrected chi connectivity index (χ4v) is 6.57. The molecule has 2 aliphatic heterocycles. The Kier molecular flexibility index (Phi) is 4.72. The van der Waals surface area contributed by atoms with Gasteiger partial charge in [-0.15, -0.1) is 11.3 Å². The molecule has 1 aromatic heterocycles. The van der Waals surface area contributed by atoms with Crippen LogP contribution in [-0.2, 0) is 19.6 Å². The highest BCUT2D eigenvalue weighted by Crippen LogP contribution is 2.34. The number of imide groups is 1. The molecule has 0 aromatic carbocycles. The van der Waals surface area contributed by atoms with Gasteiger partial charge in [0.25, 0.3) is 10.0 Å². The number of carbonyl (C=O) groups excluding carboxylic acids is 2. The summed E-state index contributed by atoms with van der Waals surface area (Å²) in [5.41, 5.74) is 0. The van der Waals surface area contributed by atoms with Crippen LogP contribution in [0.2, 0.25) is 0 Å². The molecule has 1 aromatic rings. The number of sulfonamides is 1. The van der Waals surface area contributed by atoms with Crippen LogP contribution in [0.1, 0.15) is 12.8 Å². The fraction of sp³-hybridized carbons (Fsp3) is 0.529. The van der Waals surface area contributed by atoms with E-state index in [-0.39, 0.29) is 23.7 Å². The van der Waals surface area contributed by atoms with Crippen molar-refractivity contribution in [1.29, 1.82) is 0 Å². The number of hydrogen-bond donors (Lipinski definition) is 1. The zero-order valence-corrected chi connectivity index (χ0v) is 16.0. The molecule has 140 valence electrons. The number of thiophene rings is 1. The van der Waals surface area contributed by atoms with E-state index in [0.29, 0.717) is 49.9 Å². The van der Waals surface area contributed by atoms with E-state index in [2.05, 4.69) is 0 Å². The number of quaternary nitrogens is 1. The minimum absolute atomic E-state index is 0.0644. The molecular weight excluding hydrogens is 374 g/mol. The average molecular weight is 397 g/mol. The zero-order chi connectivity index (χ0) is 18.3. The molecule has 26 heavy (non-hydrogen) atoms. The third-order valence-electron chi connectivity index (χ3n) is 5.50. The Morgan fingerprint density at radius 3 is 2.23 bits per heavy atom. The van der Waals surface area contributed by atoms with Gasteiger partial charge >= 0.3 is 0 Å². The molecule has 1 N–H and O–H groups in total. The van der Waals surface area contributed by atoms with E-state index < -0.39 is 10.0 Å². The van der Waals surface area contributed by atoms with Gasteiger partial charge in [0.2, 0.25) is 11.8 Å². The Labute approximate surface area is 156 Å². The van der Waals surface area contributed by atoms with Gasteiger partial charge in [0.15, 0.2) is 6.67 Å². The van der Waals surface area contributed by atoms with Crippen LogP contribution in [-0.4, -0.2) is 62.3 Å². The van der Waals surface area contributed by atoms with E-state index in [1.54, 1.807) is 17.5 Å². The zero-order valence-electron chi connectivity index (χ0n) is 14.3. The van der Waals surface area contributed by atoms with Crippen molar-refractivity contribution < 1.29 is 22.9 Å². The summed E-state index contributed by atoms with van der Waals surface area (Å²) in [5.74, 6) is -0.532. The molecule has 2 saturated heterocycles. The molecule has 7 nitrogen and oxygen atoms in total. The van der Waals surface area contributed by atoms with Gasteiger partial charge in [-0.2, -0.15) is 4.31 Å². The molecule has 0 spiro atoms. The van der Waals surface area contributed by atoms with Crippen molar-refractivity contribution in [3.63, 3.8) is 0 Å². The average Bonchev–Trinajstić information content (AvgIpc) is 3.27. The molecule has 0 saturated carbocycles. The summed E-state index contributed by atoms with van der Waals surface area (Å²) in [6, 6.07) is 3.36. The predicted octanol–water partition coefficient (Wildman–Crippen LogP) is -0.454. The van der Waals surface area contributed by atoms with Crippen molar-refractivity contribution in [2.24, 2.45) is 11.8 Å². The lowest BCUT2D eigenvalue weighted by Gasteiger charge is -2.32. The monoisotopic (exact) mass is 396 g/mol. The van der Waals surface area contributed by atoms with Crippen molar-refractivity contribution in [1.82, 2.24) is 9.21 Å². The fourth-order valence-electron chi connectivity index (χ4n) is 3.99. The highest BCUT2D eigenvalue weighted by molar-refractivity contribution is 7.91. The number of carbonyl (C=O) groups is 2. The Hall–Kier alpha value is -1.55. The number of nitrogens with one attached hydrogen (secondary N) is 1.